The van der Waals surface area contributed by atoms with Crippen molar-refractivity contribution < 1.29 is 18.0 Å². The predicted molar refractivity (Wildman–Crippen MR) is 135 cm³/mol. The van der Waals surface area contributed by atoms with Gasteiger partial charge >= 0.3 is 0 Å². The molecule has 0 saturated heterocycles. The number of hydrogen-bond donors (Lipinski definition) is 1. The summed E-state index contributed by atoms with van der Waals surface area (Å²) in [6.07, 6.45) is 0.397. The highest BCUT2D eigenvalue weighted by Gasteiger charge is 2.33. The third kappa shape index (κ3) is 7.40. The summed E-state index contributed by atoms with van der Waals surface area (Å²) in [6.45, 7) is 11.2. The van der Waals surface area contributed by atoms with E-state index in [1.807, 2.05) is 65.8 Å². The fraction of sp³-hybridized carbons (Fsp3) is 0.462. The first-order chi connectivity index (χ1) is 15.7. The van der Waals surface area contributed by atoms with E-state index in [0.717, 1.165) is 21.0 Å². The smallest absolute Gasteiger partial charge is 0.243 e. The Morgan fingerprint density at radius 2 is 1.44 bits per heavy atom. The predicted octanol–water partition coefficient (Wildman–Crippen LogP) is 3.65. The molecule has 0 heterocycles. The number of carbonyl (C=O) groups excluding carboxylic acids is 2. The second kappa shape index (κ2) is 11.1. The molecule has 0 aromatic heterocycles. The van der Waals surface area contributed by atoms with E-state index in [1.54, 1.807) is 12.1 Å². The molecule has 1 atom stereocenters. The molecule has 0 spiro atoms. The van der Waals surface area contributed by atoms with E-state index >= 15 is 0 Å². The van der Waals surface area contributed by atoms with Crippen LogP contribution in [0.15, 0.2) is 53.4 Å². The zero-order valence-electron chi connectivity index (χ0n) is 21.3. The minimum Gasteiger partial charge on any atom is -0.350 e. The summed E-state index contributed by atoms with van der Waals surface area (Å²) in [7, 11) is -2.48. The first-order valence-corrected chi connectivity index (χ1v) is 12.9. The normalized spacial score (nSPS) is 12.9. The highest BCUT2D eigenvalue weighted by molar-refractivity contribution is 7.89. The van der Waals surface area contributed by atoms with Gasteiger partial charge in [0.1, 0.15) is 6.04 Å². The summed E-state index contributed by atoms with van der Waals surface area (Å²) in [4.78, 5) is 28.1. The fourth-order valence-corrected chi connectivity index (χ4v) is 4.64. The maximum atomic E-state index is 13.5. The van der Waals surface area contributed by atoms with Gasteiger partial charge < -0.3 is 10.2 Å². The van der Waals surface area contributed by atoms with Gasteiger partial charge in [-0.25, -0.2) is 8.42 Å². The van der Waals surface area contributed by atoms with Crippen LogP contribution in [-0.4, -0.2) is 54.6 Å². The van der Waals surface area contributed by atoms with Crippen molar-refractivity contribution in [3.63, 3.8) is 0 Å². The highest BCUT2D eigenvalue weighted by atomic mass is 32.2. The summed E-state index contributed by atoms with van der Waals surface area (Å²) in [6, 6.07) is 13.5. The SMILES string of the molecule is CCC(C(=O)NC(C)(C)C)N(Cc1ccc(C)cc1)C(=O)CN(C)S(=O)(=O)c1ccc(C)cc1. The van der Waals surface area contributed by atoms with Crippen LogP contribution in [0.3, 0.4) is 0 Å². The van der Waals surface area contributed by atoms with Crippen LogP contribution in [0.5, 0.6) is 0 Å². The Hall–Kier alpha value is -2.71. The minimum absolute atomic E-state index is 0.121. The Bertz CT molecular complexity index is 1090. The maximum absolute atomic E-state index is 13.5. The van der Waals surface area contributed by atoms with Gasteiger partial charge in [0.25, 0.3) is 0 Å². The summed E-state index contributed by atoms with van der Waals surface area (Å²) >= 11 is 0. The molecule has 2 aromatic carbocycles. The molecule has 0 saturated carbocycles. The Balaban J connectivity index is 2.34. The Kier molecular flexibility index (Phi) is 9.02. The zero-order valence-corrected chi connectivity index (χ0v) is 22.1. The molecular formula is C26H37N3O4S. The van der Waals surface area contributed by atoms with Crippen LogP contribution in [0, 0.1) is 13.8 Å². The lowest BCUT2D eigenvalue weighted by atomic mass is 10.1. The Morgan fingerprint density at radius 3 is 1.91 bits per heavy atom. The highest BCUT2D eigenvalue weighted by Crippen LogP contribution is 2.18. The van der Waals surface area contributed by atoms with Crippen molar-refractivity contribution in [2.24, 2.45) is 0 Å². The van der Waals surface area contributed by atoms with Crippen molar-refractivity contribution in [3.8, 4) is 0 Å². The van der Waals surface area contributed by atoms with Gasteiger partial charge in [-0.05, 0) is 58.7 Å². The van der Waals surface area contributed by atoms with Crippen LogP contribution in [0.2, 0.25) is 0 Å². The average Bonchev–Trinajstić information content (AvgIpc) is 2.74. The van der Waals surface area contributed by atoms with Gasteiger partial charge in [0.05, 0.1) is 11.4 Å². The van der Waals surface area contributed by atoms with E-state index in [1.165, 1.54) is 24.1 Å². The van der Waals surface area contributed by atoms with Crippen LogP contribution in [-0.2, 0) is 26.2 Å². The van der Waals surface area contributed by atoms with E-state index in [4.69, 9.17) is 0 Å². The van der Waals surface area contributed by atoms with Crippen LogP contribution in [0.25, 0.3) is 0 Å². The molecule has 2 rings (SSSR count). The molecule has 0 bridgehead atoms. The van der Waals surface area contributed by atoms with E-state index in [9.17, 15) is 18.0 Å². The lowest BCUT2D eigenvalue weighted by Gasteiger charge is -2.34. The topological polar surface area (TPSA) is 86.8 Å². The zero-order chi connectivity index (χ0) is 25.7. The van der Waals surface area contributed by atoms with Gasteiger partial charge in [0, 0.05) is 19.1 Å². The van der Waals surface area contributed by atoms with Crippen molar-refractivity contribution >= 4 is 21.8 Å². The number of hydrogen-bond acceptors (Lipinski definition) is 4. The number of amides is 2. The summed E-state index contributed by atoms with van der Waals surface area (Å²) < 4.78 is 27.1. The van der Waals surface area contributed by atoms with Crippen LogP contribution < -0.4 is 5.32 Å². The summed E-state index contributed by atoms with van der Waals surface area (Å²) in [5.74, 6) is -0.700. The molecule has 0 fully saturated rings. The van der Waals surface area contributed by atoms with Gasteiger partial charge in [0.15, 0.2) is 0 Å². The van der Waals surface area contributed by atoms with Crippen molar-refractivity contribution in [2.75, 3.05) is 13.6 Å². The molecule has 2 aromatic rings. The number of aryl methyl sites for hydroxylation is 2. The number of benzene rings is 2. The summed E-state index contributed by atoms with van der Waals surface area (Å²) in [5.41, 5.74) is 2.43. The van der Waals surface area contributed by atoms with E-state index < -0.39 is 27.5 Å². The number of nitrogens with zero attached hydrogens (tertiary/aromatic N) is 2. The average molecular weight is 488 g/mol. The molecule has 2 amide bonds. The first-order valence-electron chi connectivity index (χ1n) is 11.4. The second-order valence-electron chi connectivity index (χ2n) is 9.74. The molecular weight excluding hydrogens is 450 g/mol. The molecule has 0 radical (unpaired) electrons. The van der Waals surface area contributed by atoms with Crippen molar-refractivity contribution in [1.82, 2.24) is 14.5 Å². The van der Waals surface area contributed by atoms with Gasteiger partial charge in [-0.15, -0.1) is 0 Å². The van der Waals surface area contributed by atoms with Gasteiger partial charge in [-0.2, -0.15) is 4.31 Å². The molecule has 186 valence electrons. The number of rotatable bonds is 9. The standard InChI is InChI=1S/C26H37N3O4S/c1-8-23(25(31)27-26(4,5)6)29(17-21-13-9-19(2)10-14-21)24(30)18-28(7)34(32,33)22-15-11-20(3)12-16-22/h9-16,23H,8,17-18H2,1-7H3,(H,27,31). The van der Waals surface area contributed by atoms with E-state index in [2.05, 4.69) is 5.32 Å². The monoisotopic (exact) mass is 487 g/mol. The largest absolute Gasteiger partial charge is 0.350 e. The van der Waals surface area contributed by atoms with Crippen LogP contribution in [0.4, 0.5) is 0 Å². The second-order valence-corrected chi connectivity index (χ2v) is 11.8. The molecule has 0 aliphatic heterocycles. The van der Waals surface area contributed by atoms with E-state index in [-0.39, 0.29) is 23.9 Å². The fourth-order valence-electron chi connectivity index (χ4n) is 3.52. The van der Waals surface area contributed by atoms with Gasteiger partial charge in [-0.1, -0.05) is 54.4 Å². The molecule has 0 aliphatic rings. The van der Waals surface area contributed by atoms with Gasteiger partial charge in [-0.3, -0.25) is 9.59 Å². The van der Waals surface area contributed by atoms with Crippen LogP contribution in [0.1, 0.15) is 50.8 Å². The summed E-state index contributed by atoms with van der Waals surface area (Å²) in [5, 5.41) is 2.95. The number of nitrogens with one attached hydrogen (secondary N) is 1. The number of sulfonamides is 1. The molecule has 7 nitrogen and oxygen atoms in total. The molecule has 34 heavy (non-hydrogen) atoms. The quantitative estimate of drug-likeness (QED) is 0.585. The Labute approximate surface area is 204 Å². The van der Waals surface area contributed by atoms with Gasteiger partial charge in [0.2, 0.25) is 21.8 Å². The molecule has 0 aliphatic carbocycles. The van der Waals surface area contributed by atoms with Crippen molar-refractivity contribution in [1.29, 1.82) is 0 Å². The number of carbonyl (C=O) groups is 2. The molecule has 1 unspecified atom stereocenters. The van der Waals surface area contributed by atoms with Crippen molar-refractivity contribution in [2.45, 2.75) is 71.0 Å². The third-order valence-electron chi connectivity index (χ3n) is 5.44. The first kappa shape index (κ1) is 27.5. The third-order valence-corrected chi connectivity index (χ3v) is 7.26. The van der Waals surface area contributed by atoms with E-state index in [0.29, 0.717) is 6.42 Å². The molecule has 8 heteroatoms. The van der Waals surface area contributed by atoms with Crippen LogP contribution >= 0.6 is 0 Å². The lowest BCUT2D eigenvalue weighted by molar-refractivity contribution is -0.142. The lowest BCUT2D eigenvalue weighted by Crippen LogP contribution is -2.55. The Morgan fingerprint density at radius 1 is 0.941 bits per heavy atom. The molecule has 1 N–H and O–H groups in total. The van der Waals surface area contributed by atoms with Crippen molar-refractivity contribution in [3.05, 3.63) is 65.2 Å². The minimum atomic E-state index is -3.86. The maximum Gasteiger partial charge on any atom is 0.243 e. The number of likely N-dealkylation sites (N-methyl/N-ethyl adjacent to an activating group) is 1.